The molecule has 1 heterocycles. The summed E-state index contributed by atoms with van der Waals surface area (Å²) in [7, 11) is -1.70. The predicted molar refractivity (Wildman–Crippen MR) is 123 cm³/mol. The molecule has 0 aliphatic heterocycles. The molecule has 0 saturated carbocycles. The summed E-state index contributed by atoms with van der Waals surface area (Å²) < 4.78 is 5.71. The van der Waals surface area contributed by atoms with Crippen LogP contribution in [-0.4, -0.2) is 40.0 Å². The molecule has 0 unspecified atom stereocenters. The maximum atomic E-state index is 12.3. The minimum atomic E-state index is -1.70. The lowest BCUT2D eigenvalue weighted by Gasteiger charge is -2.14. The molecule has 0 amide bonds. The van der Waals surface area contributed by atoms with Crippen LogP contribution in [0.4, 0.5) is 5.95 Å². The van der Waals surface area contributed by atoms with Crippen LogP contribution in [0, 0.1) is 18.3 Å². The van der Waals surface area contributed by atoms with Crippen LogP contribution in [-0.2, 0) is 0 Å². The smallest absolute Gasteiger partial charge is 0.492 e. The highest BCUT2D eigenvalue weighted by Crippen LogP contribution is 2.20. The Morgan fingerprint density at radius 2 is 2.06 bits per heavy atom. The summed E-state index contributed by atoms with van der Waals surface area (Å²) in [5.41, 5.74) is 4.38. The van der Waals surface area contributed by atoms with Crippen molar-refractivity contribution >= 4 is 24.7 Å². The average Bonchev–Trinajstić information content (AvgIpc) is 2.78. The van der Waals surface area contributed by atoms with Crippen molar-refractivity contribution in [2.24, 2.45) is 5.10 Å². The van der Waals surface area contributed by atoms with Crippen molar-refractivity contribution in [1.82, 2.24) is 9.97 Å². The molecule has 0 bridgehead atoms. The molecule has 4 N–H and O–H groups in total. The molecule has 0 aliphatic carbocycles. The van der Waals surface area contributed by atoms with E-state index in [9.17, 15) is 20.1 Å². The number of nitrogens with one attached hydrogen (secondary N) is 2. The van der Waals surface area contributed by atoms with Gasteiger partial charge in [0.05, 0.1) is 18.5 Å². The van der Waals surface area contributed by atoms with Gasteiger partial charge in [-0.25, -0.2) is 10.4 Å². The fourth-order valence-electron chi connectivity index (χ4n) is 3.09. The molecule has 0 spiro atoms. The Morgan fingerprint density at radius 3 is 2.72 bits per heavy atom. The van der Waals surface area contributed by atoms with Gasteiger partial charge in [0.2, 0.25) is 5.95 Å². The number of nitriles is 1. The molecule has 3 rings (SSSR count). The van der Waals surface area contributed by atoms with Crippen molar-refractivity contribution in [3.63, 3.8) is 0 Å². The van der Waals surface area contributed by atoms with Gasteiger partial charge in [-0.15, -0.1) is 0 Å². The molecule has 2 aromatic carbocycles. The van der Waals surface area contributed by atoms with Gasteiger partial charge in [-0.2, -0.15) is 10.4 Å². The van der Waals surface area contributed by atoms with Crippen LogP contribution in [0.15, 0.2) is 52.4 Å². The number of hydrazone groups is 1. The lowest BCUT2D eigenvalue weighted by atomic mass is 9.77. The third kappa shape index (κ3) is 5.21. The SMILES string of the molecule is CCCOc1c(C=NNc2nc(-c3ccccc3)c(C#N)c(=O)[nH]2)cc(C)cc1B(O)O. The second kappa shape index (κ2) is 10.4. The van der Waals surface area contributed by atoms with E-state index in [1.54, 1.807) is 36.4 Å². The minimum Gasteiger partial charge on any atom is -0.493 e. The van der Waals surface area contributed by atoms with Gasteiger partial charge in [0.15, 0.2) is 0 Å². The lowest BCUT2D eigenvalue weighted by Crippen LogP contribution is -2.32. The van der Waals surface area contributed by atoms with E-state index in [-0.39, 0.29) is 22.7 Å². The van der Waals surface area contributed by atoms with Crippen molar-refractivity contribution in [2.75, 3.05) is 12.0 Å². The zero-order valence-corrected chi connectivity index (χ0v) is 17.7. The third-order valence-electron chi connectivity index (χ3n) is 4.47. The number of benzene rings is 2. The monoisotopic (exact) mass is 431 g/mol. The van der Waals surface area contributed by atoms with Crippen LogP contribution in [0.5, 0.6) is 5.75 Å². The zero-order chi connectivity index (χ0) is 23.1. The number of rotatable bonds is 8. The average molecular weight is 431 g/mol. The minimum absolute atomic E-state index is 0.0511. The summed E-state index contributed by atoms with van der Waals surface area (Å²) in [5.74, 6) is 0.361. The summed E-state index contributed by atoms with van der Waals surface area (Å²) in [6.07, 6.45) is 2.17. The Balaban J connectivity index is 1.95. The molecular weight excluding hydrogens is 409 g/mol. The molecule has 9 nitrogen and oxygen atoms in total. The van der Waals surface area contributed by atoms with Crippen molar-refractivity contribution < 1.29 is 14.8 Å². The second-order valence-electron chi connectivity index (χ2n) is 6.98. The Labute approximate surface area is 185 Å². The molecule has 0 aliphatic rings. The van der Waals surface area contributed by atoms with E-state index in [2.05, 4.69) is 20.5 Å². The van der Waals surface area contributed by atoms with E-state index in [4.69, 9.17) is 4.74 Å². The molecule has 1 aromatic heterocycles. The first-order chi connectivity index (χ1) is 15.4. The number of aryl methyl sites for hydroxylation is 1. The van der Waals surface area contributed by atoms with Gasteiger partial charge in [-0.3, -0.25) is 9.78 Å². The van der Waals surface area contributed by atoms with Gasteiger partial charge in [0.1, 0.15) is 17.4 Å². The van der Waals surface area contributed by atoms with E-state index in [1.807, 2.05) is 26.0 Å². The normalized spacial score (nSPS) is 10.7. The number of hydrogen-bond donors (Lipinski definition) is 4. The van der Waals surface area contributed by atoms with Crippen LogP contribution in [0.3, 0.4) is 0 Å². The first-order valence-corrected chi connectivity index (χ1v) is 9.97. The van der Waals surface area contributed by atoms with Crippen LogP contribution < -0.4 is 21.2 Å². The van der Waals surface area contributed by atoms with E-state index < -0.39 is 12.7 Å². The highest BCUT2D eigenvalue weighted by molar-refractivity contribution is 6.60. The van der Waals surface area contributed by atoms with Crippen molar-refractivity contribution in [3.05, 3.63) is 69.5 Å². The Kier molecular flexibility index (Phi) is 7.39. The van der Waals surface area contributed by atoms with Crippen molar-refractivity contribution in [2.45, 2.75) is 20.3 Å². The highest BCUT2D eigenvalue weighted by atomic mass is 16.5. The van der Waals surface area contributed by atoms with E-state index in [1.165, 1.54) is 6.21 Å². The predicted octanol–water partition coefficient (Wildman–Crippen LogP) is 1.53. The topological polar surface area (TPSA) is 144 Å². The van der Waals surface area contributed by atoms with Crippen LogP contribution in [0.25, 0.3) is 11.3 Å². The van der Waals surface area contributed by atoms with Gasteiger partial charge in [0, 0.05) is 16.6 Å². The Hall–Kier alpha value is -3.94. The number of anilines is 1. The second-order valence-corrected chi connectivity index (χ2v) is 6.98. The summed E-state index contributed by atoms with van der Waals surface area (Å²) in [4.78, 5) is 19.2. The molecule has 0 saturated heterocycles. The summed E-state index contributed by atoms with van der Waals surface area (Å²) in [6, 6.07) is 14.2. The van der Waals surface area contributed by atoms with Gasteiger partial charge in [0.25, 0.3) is 5.56 Å². The van der Waals surface area contributed by atoms with Crippen LogP contribution in [0.1, 0.15) is 30.0 Å². The van der Waals surface area contributed by atoms with Gasteiger partial charge >= 0.3 is 7.12 Å². The number of H-pyrrole nitrogens is 1. The number of ether oxygens (including phenoxy) is 1. The maximum Gasteiger partial charge on any atom is 0.492 e. The Bertz CT molecular complexity index is 1220. The molecule has 3 aromatic rings. The van der Waals surface area contributed by atoms with Crippen LogP contribution >= 0.6 is 0 Å². The van der Waals surface area contributed by atoms with Gasteiger partial charge in [-0.05, 0) is 19.4 Å². The quantitative estimate of drug-likeness (QED) is 0.241. The summed E-state index contributed by atoms with van der Waals surface area (Å²) in [5, 5.41) is 32.9. The maximum absolute atomic E-state index is 12.3. The standard InChI is InChI=1S/C22H22BN5O4/c1-3-9-32-20-16(10-14(2)11-18(20)23(30)31)13-25-28-22-26-19(15-7-5-4-6-8-15)17(12-24)21(29)27-22/h4-8,10-11,13,30-31H,3,9H2,1-2H3,(H2,26,27,28,29). The van der Waals surface area contributed by atoms with Gasteiger partial charge in [-0.1, -0.05) is 48.9 Å². The Morgan fingerprint density at radius 1 is 1.31 bits per heavy atom. The molecule has 0 fully saturated rings. The number of nitrogens with zero attached hydrogens (tertiary/aromatic N) is 3. The number of aromatic amines is 1. The fourth-order valence-corrected chi connectivity index (χ4v) is 3.09. The summed E-state index contributed by atoms with van der Waals surface area (Å²) in [6.45, 7) is 4.14. The zero-order valence-electron chi connectivity index (χ0n) is 17.7. The lowest BCUT2D eigenvalue weighted by molar-refractivity contribution is 0.317. The van der Waals surface area contributed by atoms with Crippen molar-refractivity contribution in [3.8, 4) is 23.1 Å². The number of hydrogen-bond acceptors (Lipinski definition) is 8. The largest absolute Gasteiger partial charge is 0.493 e. The molecule has 162 valence electrons. The fraction of sp³-hybridized carbons (Fsp3) is 0.182. The van der Waals surface area contributed by atoms with Gasteiger partial charge < -0.3 is 14.8 Å². The molecule has 0 atom stereocenters. The van der Waals surface area contributed by atoms with E-state index in [0.29, 0.717) is 23.5 Å². The molecule has 0 radical (unpaired) electrons. The van der Waals surface area contributed by atoms with Crippen molar-refractivity contribution in [1.29, 1.82) is 5.26 Å². The van der Waals surface area contributed by atoms with E-state index in [0.717, 1.165) is 12.0 Å². The molecular formula is C22H22BN5O4. The van der Waals surface area contributed by atoms with Crippen LogP contribution in [0.2, 0.25) is 0 Å². The third-order valence-corrected chi connectivity index (χ3v) is 4.47. The highest BCUT2D eigenvalue weighted by Gasteiger charge is 2.20. The molecule has 32 heavy (non-hydrogen) atoms. The first-order valence-electron chi connectivity index (χ1n) is 9.97. The number of aromatic nitrogens is 2. The summed E-state index contributed by atoms with van der Waals surface area (Å²) >= 11 is 0. The molecule has 10 heteroatoms. The first kappa shape index (κ1) is 22.7. The van der Waals surface area contributed by atoms with E-state index >= 15 is 0 Å².